The number of benzene rings is 4. The topological polar surface area (TPSA) is 95.5 Å². The van der Waals surface area contributed by atoms with Gasteiger partial charge < -0.3 is 18.9 Å². The lowest BCUT2D eigenvalue weighted by Crippen LogP contribution is -2.24. The Morgan fingerprint density at radius 1 is 0.737 bits per heavy atom. The Bertz CT molecular complexity index is 1350. The second-order valence-corrected chi connectivity index (χ2v) is 8.01. The first-order valence-electron chi connectivity index (χ1n) is 11.8. The normalized spacial score (nSPS) is 10.6. The van der Waals surface area contributed by atoms with Gasteiger partial charge in [0.25, 0.3) is 5.91 Å². The van der Waals surface area contributed by atoms with Crippen molar-refractivity contribution >= 4 is 18.1 Å². The first-order chi connectivity index (χ1) is 18.6. The van der Waals surface area contributed by atoms with E-state index in [1.807, 2.05) is 30.3 Å². The molecule has 192 valence electrons. The summed E-state index contributed by atoms with van der Waals surface area (Å²) >= 11 is 0. The molecule has 0 heterocycles. The van der Waals surface area contributed by atoms with E-state index in [0.717, 1.165) is 5.56 Å². The van der Waals surface area contributed by atoms with Gasteiger partial charge in [-0.2, -0.15) is 5.10 Å². The van der Waals surface area contributed by atoms with Crippen LogP contribution >= 0.6 is 0 Å². The number of hydrazone groups is 1. The monoisotopic (exact) mass is 510 g/mol. The summed E-state index contributed by atoms with van der Waals surface area (Å²) < 4.78 is 21.7. The minimum absolute atomic E-state index is 0.193. The van der Waals surface area contributed by atoms with Gasteiger partial charge in [0, 0.05) is 0 Å². The van der Waals surface area contributed by atoms with Gasteiger partial charge in [-0.05, 0) is 83.9 Å². The minimum Gasteiger partial charge on any atom is -0.497 e. The van der Waals surface area contributed by atoms with Gasteiger partial charge in [-0.25, -0.2) is 10.2 Å². The van der Waals surface area contributed by atoms with E-state index in [1.54, 1.807) is 79.9 Å². The largest absolute Gasteiger partial charge is 0.497 e. The summed E-state index contributed by atoms with van der Waals surface area (Å²) in [4.78, 5) is 24.3. The highest BCUT2D eigenvalue weighted by Gasteiger charge is 2.09. The molecule has 4 aromatic carbocycles. The van der Waals surface area contributed by atoms with Crippen molar-refractivity contribution in [3.8, 4) is 23.0 Å². The number of hydrogen-bond acceptors (Lipinski definition) is 7. The smallest absolute Gasteiger partial charge is 0.343 e. The molecule has 4 rings (SSSR count). The van der Waals surface area contributed by atoms with E-state index in [2.05, 4.69) is 10.5 Å². The molecule has 4 aromatic rings. The third kappa shape index (κ3) is 7.96. The van der Waals surface area contributed by atoms with Gasteiger partial charge in [0.05, 0.1) is 18.9 Å². The van der Waals surface area contributed by atoms with Crippen LogP contribution in [0.2, 0.25) is 0 Å². The van der Waals surface area contributed by atoms with Crippen LogP contribution in [0.5, 0.6) is 23.0 Å². The van der Waals surface area contributed by atoms with Gasteiger partial charge >= 0.3 is 5.97 Å². The van der Waals surface area contributed by atoms with E-state index in [0.29, 0.717) is 40.7 Å². The SMILES string of the molecule is COc1ccc(C(=O)Oc2ccc(C=NNC(=O)COc3ccc(OCc4ccccc4)cc3)cc2)cc1. The van der Waals surface area contributed by atoms with Crippen molar-refractivity contribution in [2.75, 3.05) is 13.7 Å². The van der Waals surface area contributed by atoms with Crippen molar-refractivity contribution in [3.63, 3.8) is 0 Å². The first kappa shape index (κ1) is 26.0. The Morgan fingerprint density at radius 2 is 1.34 bits per heavy atom. The standard InChI is InChI=1S/C30H26N2O6/c1-35-25-13-9-24(10-14-25)30(34)38-28-11-7-22(8-12-28)19-31-32-29(33)21-37-27-17-15-26(16-18-27)36-20-23-5-3-2-4-6-23/h2-19H,20-21H2,1H3,(H,32,33). The molecule has 0 radical (unpaired) electrons. The number of amides is 1. The van der Waals surface area contributed by atoms with Crippen molar-refractivity contribution in [3.05, 3.63) is 120 Å². The van der Waals surface area contributed by atoms with Gasteiger partial charge in [-0.3, -0.25) is 4.79 Å². The summed E-state index contributed by atoms with van der Waals surface area (Å²) in [6.07, 6.45) is 1.48. The molecule has 0 fully saturated rings. The maximum Gasteiger partial charge on any atom is 0.343 e. The van der Waals surface area contributed by atoms with E-state index in [1.165, 1.54) is 6.21 Å². The Morgan fingerprint density at radius 3 is 2.00 bits per heavy atom. The van der Waals surface area contributed by atoms with Crippen molar-refractivity contribution in [2.24, 2.45) is 5.10 Å². The summed E-state index contributed by atoms with van der Waals surface area (Å²) in [6.45, 7) is 0.279. The molecule has 0 atom stereocenters. The molecule has 0 aliphatic rings. The van der Waals surface area contributed by atoms with E-state index >= 15 is 0 Å². The van der Waals surface area contributed by atoms with E-state index < -0.39 is 11.9 Å². The van der Waals surface area contributed by atoms with Crippen molar-refractivity contribution in [2.45, 2.75) is 6.61 Å². The maximum absolute atomic E-state index is 12.3. The average Bonchev–Trinajstić information content (AvgIpc) is 2.97. The number of methoxy groups -OCH3 is 1. The summed E-state index contributed by atoms with van der Waals surface area (Å²) in [5, 5.41) is 3.93. The minimum atomic E-state index is -0.476. The van der Waals surface area contributed by atoms with Crippen LogP contribution in [0, 0.1) is 0 Å². The van der Waals surface area contributed by atoms with Crippen LogP contribution in [0.4, 0.5) is 0 Å². The molecule has 8 heteroatoms. The molecule has 1 amide bonds. The van der Waals surface area contributed by atoms with E-state index in [4.69, 9.17) is 18.9 Å². The maximum atomic E-state index is 12.3. The van der Waals surface area contributed by atoms with Crippen LogP contribution in [0.3, 0.4) is 0 Å². The lowest BCUT2D eigenvalue weighted by Gasteiger charge is -2.08. The Labute approximate surface area is 220 Å². The van der Waals surface area contributed by atoms with E-state index in [-0.39, 0.29) is 6.61 Å². The van der Waals surface area contributed by atoms with Crippen LogP contribution in [0.1, 0.15) is 21.5 Å². The number of hydrogen-bond donors (Lipinski definition) is 1. The van der Waals surface area contributed by atoms with Gasteiger partial charge in [-0.15, -0.1) is 0 Å². The Kier molecular flexibility index (Phi) is 9.07. The molecule has 8 nitrogen and oxygen atoms in total. The van der Waals surface area contributed by atoms with Crippen LogP contribution < -0.4 is 24.4 Å². The molecule has 1 N–H and O–H groups in total. The predicted molar refractivity (Wildman–Crippen MR) is 143 cm³/mol. The average molecular weight is 511 g/mol. The lowest BCUT2D eigenvalue weighted by atomic mass is 10.2. The quantitative estimate of drug-likeness (QED) is 0.132. The zero-order valence-corrected chi connectivity index (χ0v) is 20.7. The van der Waals surface area contributed by atoms with Crippen LogP contribution in [-0.2, 0) is 11.4 Å². The van der Waals surface area contributed by atoms with E-state index in [9.17, 15) is 9.59 Å². The highest BCUT2D eigenvalue weighted by molar-refractivity contribution is 5.91. The summed E-state index contributed by atoms with van der Waals surface area (Å²) in [5.41, 5.74) is 4.61. The number of carbonyl (C=O) groups is 2. The number of ether oxygens (including phenoxy) is 4. The third-order valence-corrected chi connectivity index (χ3v) is 5.26. The molecular weight excluding hydrogens is 484 g/mol. The highest BCUT2D eigenvalue weighted by atomic mass is 16.5. The number of rotatable bonds is 11. The highest BCUT2D eigenvalue weighted by Crippen LogP contribution is 2.19. The first-order valence-corrected chi connectivity index (χ1v) is 11.8. The van der Waals surface area contributed by atoms with Crippen molar-refractivity contribution < 1.29 is 28.5 Å². The number of esters is 1. The van der Waals surface area contributed by atoms with Crippen LogP contribution in [0.15, 0.2) is 108 Å². The summed E-state index contributed by atoms with van der Waals surface area (Å²) in [6, 6.07) is 30.3. The third-order valence-electron chi connectivity index (χ3n) is 5.26. The molecule has 0 saturated carbocycles. The van der Waals surface area contributed by atoms with Gasteiger partial charge in [0.2, 0.25) is 0 Å². The molecule has 0 saturated heterocycles. The Balaban J connectivity index is 1.17. The zero-order chi connectivity index (χ0) is 26.6. The number of nitrogens with zero attached hydrogens (tertiary/aromatic N) is 1. The number of carbonyl (C=O) groups excluding carboxylic acids is 2. The fraction of sp³-hybridized carbons (Fsp3) is 0.100. The van der Waals surface area contributed by atoms with Crippen LogP contribution in [-0.4, -0.2) is 31.8 Å². The second kappa shape index (κ2) is 13.3. The van der Waals surface area contributed by atoms with Gasteiger partial charge in [0.15, 0.2) is 6.61 Å². The van der Waals surface area contributed by atoms with Crippen molar-refractivity contribution in [1.29, 1.82) is 0 Å². The van der Waals surface area contributed by atoms with Crippen molar-refractivity contribution in [1.82, 2.24) is 5.43 Å². The zero-order valence-electron chi connectivity index (χ0n) is 20.7. The molecule has 0 spiro atoms. The summed E-state index contributed by atoms with van der Waals surface area (Å²) in [5.74, 6) is 1.40. The lowest BCUT2D eigenvalue weighted by molar-refractivity contribution is -0.123. The summed E-state index contributed by atoms with van der Waals surface area (Å²) in [7, 11) is 1.56. The molecular formula is C30H26N2O6. The predicted octanol–water partition coefficient (Wildman–Crippen LogP) is 5.02. The molecule has 0 aromatic heterocycles. The number of nitrogens with one attached hydrogen (secondary N) is 1. The molecule has 0 aliphatic carbocycles. The Hall–Kier alpha value is -5.11. The molecule has 38 heavy (non-hydrogen) atoms. The molecule has 0 aliphatic heterocycles. The van der Waals surface area contributed by atoms with Gasteiger partial charge in [0.1, 0.15) is 29.6 Å². The van der Waals surface area contributed by atoms with Gasteiger partial charge in [-0.1, -0.05) is 30.3 Å². The fourth-order valence-corrected chi connectivity index (χ4v) is 3.25. The molecule has 0 bridgehead atoms. The molecule has 0 unspecified atom stereocenters. The van der Waals surface area contributed by atoms with Crippen LogP contribution in [0.25, 0.3) is 0 Å². The second-order valence-electron chi connectivity index (χ2n) is 8.01. The fourth-order valence-electron chi connectivity index (χ4n) is 3.25.